The predicted molar refractivity (Wildman–Crippen MR) is 126 cm³/mol. The average molecular weight is 496 g/mol. The van der Waals surface area contributed by atoms with E-state index in [0.29, 0.717) is 29.9 Å². The van der Waals surface area contributed by atoms with Crippen LogP contribution >= 0.6 is 15.9 Å². The molecule has 0 saturated carbocycles. The van der Waals surface area contributed by atoms with Crippen molar-refractivity contribution in [3.8, 4) is 11.4 Å². The quantitative estimate of drug-likeness (QED) is 0.351. The highest BCUT2D eigenvalue weighted by Crippen LogP contribution is 2.44. The van der Waals surface area contributed by atoms with Gasteiger partial charge in [-0.3, -0.25) is 4.79 Å². The lowest BCUT2D eigenvalue weighted by Gasteiger charge is -2.43. The number of carbonyl (C=O) groups is 1. The van der Waals surface area contributed by atoms with Crippen molar-refractivity contribution in [1.82, 2.24) is 14.9 Å². The van der Waals surface area contributed by atoms with Crippen LogP contribution in [0.3, 0.4) is 0 Å². The number of furan rings is 1. The van der Waals surface area contributed by atoms with Gasteiger partial charge in [-0.15, -0.1) is 0 Å². The largest absolute Gasteiger partial charge is 0.465 e. The van der Waals surface area contributed by atoms with Crippen molar-refractivity contribution < 1.29 is 14.3 Å². The van der Waals surface area contributed by atoms with Crippen molar-refractivity contribution in [3.63, 3.8) is 0 Å². The molecule has 0 fully saturated rings. The zero-order chi connectivity index (χ0) is 22.8. The number of carboxylic acid groups (broad SMARTS) is 1. The number of nitrogens with zero attached hydrogens (tertiary/aromatic N) is 2. The van der Waals surface area contributed by atoms with Crippen LogP contribution in [0.25, 0.3) is 33.5 Å². The zero-order valence-electron chi connectivity index (χ0n) is 17.9. The maximum atomic E-state index is 12.9. The van der Waals surface area contributed by atoms with E-state index in [4.69, 9.17) is 9.40 Å². The summed E-state index contributed by atoms with van der Waals surface area (Å²) in [5, 5.41) is 10.6. The summed E-state index contributed by atoms with van der Waals surface area (Å²) in [5.41, 5.74) is 3.43. The molecular formula is C24H22BrN3O4. The lowest BCUT2D eigenvalue weighted by molar-refractivity contribution is 0.0760. The Kier molecular flexibility index (Phi) is 4.67. The van der Waals surface area contributed by atoms with Crippen molar-refractivity contribution in [3.05, 3.63) is 62.4 Å². The highest BCUT2D eigenvalue weighted by molar-refractivity contribution is 9.10. The summed E-state index contributed by atoms with van der Waals surface area (Å²) < 4.78 is 6.62. The van der Waals surface area contributed by atoms with Crippen molar-refractivity contribution in [1.29, 1.82) is 0 Å². The van der Waals surface area contributed by atoms with Crippen molar-refractivity contribution in [2.24, 2.45) is 5.41 Å². The molecule has 164 valence electrons. The number of amides is 1. The molecule has 1 unspecified atom stereocenters. The maximum Gasteiger partial charge on any atom is 0.407 e. The van der Waals surface area contributed by atoms with Gasteiger partial charge in [-0.1, -0.05) is 54.9 Å². The van der Waals surface area contributed by atoms with Crippen molar-refractivity contribution in [2.75, 3.05) is 6.54 Å². The second-order valence-corrected chi connectivity index (χ2v) is 10.1. The van der Waals surface area contributed by atoms with Crippen LogP contribution in [0.5, 0.6) is 0 Å². The summed E-state index contributed by atoms with van der Waals surface area (Å²) in [4.78, 5) is 34.0. The molecule has 0 bridgehead atoms. The molecule has 2 aromatic heterocycles. The number of nitrogens with one attached hydrogen (secondary N) is 1. The Bertz CT molecular complexity index is 1450. The first kappa shape index (κ1) is 20.8. The molecule has 2 N–H and O–H groups in total. The summed E-state index contributed by atoms with van der Waals surface area (Å²) in [5.74, 6) is 0.457. The van der Waals surface area contributed by atoms with Gasteiger partial charge >= 0.3 is 6.09 Å². The standard InChI is InChI=1S/C24H22BrN3O4/c1-24(2,3)20-14-5-4-6-15(13(14)9-10-28(20)23(30)31)21-26-18-16-11-12(25)7-8-17(16)32-19(18)22(29)27-21/h4-8,11,20H,9-10H2,1-3H3,(H,30,31)(H,26,27,29). The minimum atomic E-state index is -0.927. The van der Waals surface area contributed by atoms with Crippen LogP contribution in [-0.4, -0.2) is 32.6 Å². The molecule has 0 radical (unpaired) electrons. The fourth-order valence-electron chi connectivity index (χ4n) is 4.78. The smallest absolute Gasteiger partial charge is 0.407 e. The monoisotopic (exact) mass is 495 g/mol. The number of hydrogen-bond donors (Lipinski definition) is 2. The summed E-state index contributed by atoms with van der Waals surface area (Å²) in [7, 11) is 0. The highest BCUT2D eigenvalue weighted by Gasteiger charge is 2.39. The van der Waals surface area contributed by atoms with Crippen molar-refractivity contribution in [2.45, 2.75) is 33.2 Å². The van der Waals surface area contributed by atoms with E-state index in [1.165, 1.54) is 4.90 Å². The Balaban J connectivity index is 1.74. The van der Waals surface area contributed by atoms with Crippen molar-refractivity contribution >= 4 is 44.1 Å². The molecule has 1 aliphatic rings. The molecule has 1 atom stereocenters. The number of benzene rings is 2. The van der Waals surface area contributed by atoms with E-state index in [9.17, 15) is 14.7 Å². The van der Waals surface area contributed by atoms with Crippen LogP contribution in [0.1, 0.15) is 37.9 Å². The Morgan fingerprint density at radius 2 is 2.06 bits per heavy atom. The van der Waals surface area contributed by atoms with Gasteiger partial charge in [0.2, 0.25) is 5.58 Å². The molecule has 1 aliphatic heterocycles. The van der Waals surface area contributed by atoms with E-state index in [2.05, 4.69) is 20.9 Å². The minimum Gasteiger partial charge on any atom is -0.465 e. The van der Waals surface area contributed by atoms with E-state index in [1.54, 1.807) is 6.07 Å². The summed E-state index contributed by atoms with van der Waals surface area (Å²) in [6.45, 7) is 6.50. The number of rotatable bonds is 1. The van der Waals surface area contributed by atoms with Gasteiger partial charge in [-0.25, -0.2) is 9.78 Å². The SMILES string of the molecule is CC(C)(C)C1c2cccc(-c3nc4c(oc5ccc(Br)cc54)c(=O)[nH]3)c2CCN1C(=O)O. The second-order valence-electron chi connectivity index (χ2n) is 9.20. The number of fused-ring (bicyclic) bond motifs is 4. The Morgan fingerprint density at radius 1 is 1.28 bits per heavy atom. The van der Waals surface area contributed by atoms with Crippen LogP contribution in [0.2, 0.25) is 0 Å². The van der Waals surface area contributed by atoms with E-state index in [0.717, 1.165) is 26.5 Å². The summed E-state index contributed by atoms with van der Waals surface area (Å²) >= 11 is 3.47. The molecule has 0 spiro atoms. The number of H-pyrrole nitrogens is 1. The molecule has 8 heteroatoms. The Labute approximate surface area is 192 Å². The van der Waals surface area contributed by atoms with Gasteiger partial charge < -0.3 is 19.4 Å². The number of aromatic nitrogens is 2. The van der Waals surface area contributed by atoms with Gasteiger partial charge in [0, 0.05) is 22.0 Å². The fourth-order valence-corrected chi connectivity index (χ4v) is 5.15. The number of halogens is 1. The van der Waals surface area contributed by atoms with Gasteiger partial charge in [0.15, 0.2) is 0 Å². The third-order valence-electron chi connectivity index (χ3n) is 6.03. The topological polar surface area (TPSA) is 99.4 Å². The molecular weight excluding hydrogens is 474 g/mol. The Morgan fingerprint density at radius 3 is 2.78 bits per heavy atom. The third-order valence-corrected chi connectivity index (χ3v) is 6.52. The third kappa shape index (κ3) is 3.21. The molecule has 1 amide bonds. The summed E-state index contributed by atoms with van der Waals surface area (Å²) in [6, 6.07) is 11.0. The van der Waals surface area contributed by atoms with Crippen LogP contribution in [0, 0.1) is 5.41 Å². The van der Waals surface area contributed by atoms with Gasteiger partial charge in [-0.2, -0.15) is 0 Å². The normalized spacial score (nSPS) is 16.5. The number of hydrogen-bond acceptors (Lipinski definition) is 4. The first-order valence-corrected chi connectivity index (χ1v) is 11.2. The van der Waals surface area contributed by atoms with Gasteiger partial charge in [0.25, 0.3) is 5.56 Å². The molecule has 5 rings (SSSR count). The van der Waals surface area contributed by atoms with E-state index in [-0.39, 0.29) is 22.6 Å². The fraction of sp³-hybridized carbons (Fsp3) is 0.292. The van der Waals surface area contributed by atoms with E-state index >= 15 is 0 Å². The van der Waals surface area contributed by atoms with Crippen LogP contribution in [0.4, 0.5) is 4.79 Å². The molecule has 2 aromatic carbocycles. The molecule has 0 aliphatic carbocycles. The Hall–Kier alpha value is -3.13. The predicted octanol–water partition coefficient (Wildman–Crippen LogP) is 5.72. The van der Waals surface area contributed by atoms with Crippen LogP contribution < -0.4 is 5.56 Å². The molecule has 0 saturated heterocycles. The van der Waals surface area contributed by atoms with Gasteiger partial charge in [0.05, 0.1) is 6.04 Å². The summed E-state index contributed by atoms with van der Waals surface area (Å²) in [6.07, 6.45) is -0.381. The lowest BCUT2D eigenvalue weighted by Crippen LogP contribution is -2.44. The maximum absolute atomic E-state index is 12.9. The lowest BCUT2D eigenvalue weighted by atomic mass is 9.76. The van der Waals surface area contributed by atoms with Gasteiger partial charge in [-0.05, 0) is 41.2 Å². The van der Waals surface area contributed by atoms with E-state index < -0.39 is 6.09 Å². The molecule has 4 aromatic rings. The molecule has 32 heavy (non-hydrogen) atoms. The first-order chi connectivity index (χ1) is 15.1. The van der Waals surface area contributed by atoms with Gasteiger partial charge in [0.1, 0.15) is 16.9 Å². The highest BCUT2D eigenvalue weighted by atomic mass is 79.9. The molecule has 7 nitrogen and oxygen atoms in total. The number of aromatic amines is 1. The zero-order valence-corrected chi connectivity index (χ0v) is 19.5. The minimum absolute atomic E-state index is 0.191. The van der Waals surface area contributed by atoms with E-state index in [1.807, 2.05) is 51.1 Å². The van der Waals surface area contributed by atoms with Crippen LogP contribution in [-0.2, 0) is 6.42 Å². The second kappa shape index (κ2) is 7.20. The molecule has 3 heterocycles. The van der Waals surface area contributed by atoms with Crippen LogP contribution in [0.15, 0.2) is 50.1 Å². The average Bonchev–Trinajstić information content (AvgIpc) is 3.10. The first-order valence-electron chi connectivity index (χ1n) is 10.4.